The van der Waals surface area contributed by atoms with Gasteiger partial charge in [0.2, 0.25) is 0 Å². The first-order chi connectivity index (χ1) is 15.9. The quantitative estimate of drug-likeness (QED) is 0.554. The molecule has 7 nitrogen and oxygen atoms in total. The highest BCUT2D eigenvalue weighted by Crippen LogP contribution is 2.36. The van der Waals surface area contributed by atoms with Crippen molar-refractivity contribution in [1.29, 1.82) is 0 Å². The Labute approximate surface area is 195 Å². The van der Waals surface area contributed by atoms with E-state index in [0.29, 0.717) is 12.1 Å². The second kappa shape index (κ2) is 9.73. The lowest BCUT2D eigenvalue weighted by atomic mass is 9.93. The van der Waals surface area contributed by atoms with Gasteiger partial charge in [-0.15, -0.1) is 0 Å². The number of carbonyl (C=O) groups excluding carboxylic acids is 1. The Morgan fingerprint density at radius 2 is 1.79 bits per heavy atom. The summed E-state index contributed by atoms with van der Waals surface area (Å²) in [5, 5.41) is 0. The minimum absolute atomic E-state index is 0.0449. The van der Waals surface area contributed by atoms with Gasteiger partial charge < -0.3 is 4.90 Å². The lowest BCUT2D eigenvalue weighted by molar-refractivity contribution is 0.0605. The highest BCUT2D eigenvalue weighted by atomic mass is 16.2. The number of pyridine rings is 1. The van der Waals surface area contributed by atoms with E-state index in [1.165, 1.54) is 0 Å². The van der Waals surface area contributed by atoms with E-state index < -0.39 is 0 Å². The minimum Gasteiger partial charge on any atom is -0.330 e. The maximum Gasteiger partial charge on any atom is 0.257 e. The second-order valence-corrected chi connectivity index (χ2v) is 9.63. The number of carbonyl (C=O) groups is 1. The Morgan fingerprint density at radius 1 is 1.06 bits per heavy atom. The predicted octanol–water partition coefficient (Wildman–Crippen LogP) is 4.95. The second-order valence-electron chi connectivity index (χ2n) is 9.63. The van der Waals surface area contributed by atoms with Gasteiger partial charge >= 0.3 is 0 Å². The van der Waals surface area contributed by atoms with E-state index in [1.54, 1.807) is 24.8 Å². The fraction of sp³-hybridized carbons (Fsp3) is 0.462. The molecule has 0 radical (unpaired) electrons. The molecule has 33 heavy (non-hydrogen) atoms. The maximum atomic E-state index is 13.6. The molecule has 172 valence electrons. The van der Waals surface area contributed by atoms with Crippen LogP contribution in [0, 0.1) is 0 Å². The van der Waals surface area contributed by atoms with Crippen molar-refractivity contribution in [3.8, 4) is 11.1 Å². The highest BCUT2D eigenvalue weighted by Gasteiger charge is 2.32. The first-order valence-corrected chi connectivity index (χ1v) is 11.8. The molecule has 1 fully saturated rings. The van der Waals surface area contributed by atoms with Crippen LogP contribution >= 0.6 is 0 Å². The van der Waals surface area contributed by atoms with E-state index in [9.17, 15) is 4.79 Å². The third-order valence-corrected chi connectivity index (χ3v) is 5.98. The summed E-state index contributed by atoms with van der Waals surface area (Å²) in [5.74, 6) is 1.51. The first-order valence-electron chi connectivity index (χ1n) is 11.8. The Balaban J connectivity index is 1.72. The van der Waals surface area contributed by atoms with Gasteiger partial charge in [-0.2, -0.15) is 0 Å². The molecule has 1 aliphatic heterocycles. The van der Waals surface area contributed by atoms with Gasteiger partial charge in [0, 0.05) is 54.9 Å². The summed E-state index contributed by atoms with van der Waals surface area (Å²) in [5.41, 5.74) is 3.24. The number of nitrogens with zero attached hydrogens (tertiary/aromatic N) is 6. The average molecular weight is 445 g/mol. The van der Waals surface area contributed by atoms with Crippen molar-refractivity contribution in [2.75, 3.05) is 6.54 Å². The molecule has 1 amide bonds. The van der Waals surface area contributed by atoms with Crippen LogP contribution in [0.5, 0.6) is 0 Å². The third-order valence-electron chi connectivity index (χ3n) is 5.98. The highest BCUT2D eigenvalue weighted by molar-refractivity contribution is 5.94. The van der Waals surface area contributed by atoms with Crippen LogP contribution in [0.3, 0.4) is 0 Å². The van der Waals surface area contributed by atoms with E-state index in [-0.39, 0.29) is 17.4 Å². The van der Waals surface area contributed by atoms with Crippen LogP contribution in [0.25, 0.3) is 11.1 Å². The molecule has 4 rings (SSSR count). The molecule has 3 aromatic rings. The summed E-state index contributed by atoms with van der Waals surface area (Å²) in [4.78, 5) is 38.2. The number of aryl methyl sites for hydroxylation is 1. The Hall–Kier alpha value is -3.22. The molecule has 0 saturated carbocycles. The molecule has 0 N–H and O–H groups in total. The smallest absolute Gasteiger partial charge is 0.257 e. The molecule has 1 aliphatic rings. The number of hydrogen-bond acceptors (Lipinski definition) is 6. The summed E-state index contributed by atoms with van der Waals surface area (Å²) in [7, 11) is 0. The van der Waals surface area contributed by atoms with Gasteiger partial charge in [0.05, 0.1) is 17.3 Å². The average Bonchev–Trinajstić information content (AvgIpc) is 2.84. The van der Waals surface area contributed by atoms with Crippen molar-refractivity contribution in [1.82, 2.24) is 29.8 Å². The number of hydrogen-bond donors (Lipinski definition) is 0. The lowest BCUT2D eigenvalue weighted by Gasteiger charge is -2.36. The number of amides is 1. The van der Waals surface area contributed by atoms with Crippen molar-refractivity contribution in [2.24, 2.45) is 0 Å². The molecule has 1 saturated heterocycles. The Bertz CT molecular complexity index is 1090. The summed E-state index contributed by atoms with van der Waals surface area (Å²) < 4.78 is 0. The normalized spacial score (nSPS) is 16.6. The van der Waals surface area contributed by atoms with Crippen LogP contribution in [0.2, 0.25) is 0 Å². The van der Waals surface area contributed by atoms with Crippen molar-refractivity contribution in [3.63, 3.8) is 0 Å². The molecule has 7 heteroatoms. The minimum atomic E-state index is -0.161. The molecule has 4 heterocycles. The predicted molar refractivity (Wildman–Crippen MR) is 128 cm³/mol. The van der Waals surface area contributed by atoms with Crippen LogP contribution in [-0.2, 0) is 11.8 Å². The van der Waals surface area contributed by atoms with Crippen LogP contribution < -0.4 is 0 Å². The van der Waals surface area contributed by atoms with Crippen LogP contribution in [0.1, 0.15) is 87.1 Å². The van der Waals surface area contributed by atoms with Crippen molar-refractivity contribution in [2.45, 2.75) is 71.3 Å². The Morgan fingerprint density at radius 3 is 2.45 bits per heavy atom. The van der Waals surface area contributed by atoms with E-state index in [2.05, 4.69) is 47.6 Å². The van der Waals surface area contributed by atoms with E-state index in [1.807, 2.05) is 23.2 Å². The van der Waals surface area contributed by atoms with Gasteiger partial charge in [0.25, 0.3) is 5.91 Å². The molecule has 0 bridgehead atoms. The van der Waals surface area contributed by atoms with Gasteiger partial charge in [-0.25, -0.2) is 19.9 Å². The first kappa shape index (κ1) is 23.0. The van der Waals surface area contributed by atoms with Crippen LogP contribution in [0.4, 0.5) is 0 Å². The van der Waals surface area contributed by atoms with Crippen molar-refractivity contribution in [3.05, 3.63) is 66.0 Å². The fourth-order valence-electron chi connectivity index (χ4n) is 4.24. The number of piperidine rings is 1. The zero-order valence-electron chi connectivity index (χ0n) is 20.0. The zero-order chi connectivity index (χ0) is 23.4. The summed E-state index contributed by atoms with van der Waals surface area (Å²) >= 11 is 0. The largest absolute Gasteiger partial charge is 0.330 e. The van der Waals surface area contributed by atoms with Crippen LogP contribution in [0.15, 0.2) is 43.1 Å². The van der Waals surface area contributed by atoms with E-state index >= 15 is 0 Å². The third kappa shape index (κ3) is 5.07. The van der Waals surface area contributed by atoms with Gasteiger partial charge in [-0.3, -0.25) is 9.78 Å². The van der Waals surface area contributed by atoms with Crippen molar-refractivity contribution >= 4 is 5.91 Å². The van der Waals surface area contributed by atoms with Gasteiger partial charge in [0.1, 0.15) is 11.6 Å². The standard InChI is InChI=1S/C26H32N6O/c1-5-8-22-28-17-20(18-10-12-27-13-11-18)23(31-22)21-9-6-7-14-32(21)24(33)19-15-29-25(30-16-19)26(2,3)4/h10-13,15-17,21H,5-9,14H2,1-4H3/t21-/m0/s1. The summed E-state index contributed by atoms with van der Waals surface area (Å²) in [6, 6.07) is 3.82. The monoisotopic (exact) mass is 444 g/mol. The van der Waals surface area contributed by atoms with Gasteiger partial charge in [0.15, 0.2) is 0 Å². The Kier molecular flexibility index (Phi) is 6.77. The van der Waals surface area contributed by atoms with Gasteiger partial charge in [-0.1, -0.05) is 27.7 Å². The van der Waals surface area contributed by atoms with Crippen molar-refractivity contribution < 1.29 is 4.79 Å². The molecule has 3 aromatic heterocycles. The zero-order valence-corrected chi connectivity index (χ0v) is 20.0. The SMILES string of the molecule is CCCc1ncc(-c2ccncc2)c([C@@H]2CCCCN2C(=O)c2cnc(C(C)(C)C)nc2)n1. The van der Waals surface area contributed by atoms with E-state index in [0.717, 1.165) is 60.6 Å². The number of aromatic nitrogens is 5. The summed E-state index contributed by atoms with van der Waals surface area (Å²) in [6.45, 7) is 9.00. The van der Waals surface area contributed by atoms with Crippen LogP contribution in [-0.4, -0.2) is 42.3 Å². The van der Waals surface area contributed by atoms with E-state index in [4.69, 9.17) is 4.98 Å². The summed E-state index contributed by atoms with van der Waals surface area (Å²) in [6.07, 6.45) is 13.5. The lowest BCUT2D eigenvalue weighted by Crippen LogP contribution is -2.39. The molecule has 1 atom stereocenters. The fourth-order valence-corrected chi connectivity index (χ4v) is 4.24. The number of rotatable bonds is 5. The molecular weight excluding hydrogens is 412 g/mol. The molecule has 0 unspecified atom stereocenters. The molecule has 0 aromatic carbocycles. The number of likely N-dealkylation sites (tertiary alicyclic amines) is 1. The molecular formula is C26H32N6O. The van der Waals surface area contributed by atoms with Gasteiger partial charge in [-0.05, 0) is 43.4 Å². The molecule has 0 aliphatic carbocycles. The topological polar surface area (TPSA) is 84.8 Å². The maximum absolute atomic E-state index is 13.6. The molecule has 0 spiro atoms.